The molecule has 2 rings (SSSR count). The molecule has 10 heteroatoms. The minimum Gasteiger partial charge on any atom is -0.325 e. The third-order valence-electron chi connectivity index (χ3n) is 4.37. The van der Waals surface area contributed by atoms with Crippen LogP contribution in [0.15, 0.2) is 46.2 Å². The van der Waals surface area contributed by atoms with E-state index in [1.165, 1.54) is 23.5 Å². The van der Waals surface area contributed by atoms with E-state index in [4.69, 9.17) is 0 Å². The SMILES string of the molecule is CCN(CC)S(=O)(=O)c1ccc(=O)n(CC(=O)Nc2cc(C)ccc2NC(C)=O)c1. The van der Waals surface area contributed by atoms with Crippen LogP contribution in [0, 0.1) is 6.92 Å². The fraction of sp³-hybridized carbons (Fsp3) is 0.350. The number of anilines is 2. The lowest BCUT2D eigenvalue weighted by molar-refractivity contribution is -0.117. The van der Waals surface area contributed by atoms with Crippen molar-refractivity contribution in [2.24, 2.45) is 0 Å². The van der Waals surface area contributed by atoms with E-state index >= 15 is 0 Å². The average Bonchev–Trinajstić information content (AvgIpc) is 2.66. The molecule has 9 nitrogen and oxygen atoms in total. The van der Waals surface area contributed by atoms with Crippen LogP contribution in [0.4, 0.5) is 11.4 Å². The summed E-state index contributed by atoms with van der Waals surface area (Å²) in [5.74, 6) is -0.827. The first-order chi connectivity index (χ1) is 14.1. The molecular formula is C20H26N4O5S. The number of nitrogens with one attached hydrogen (secondary N) is 2. The van der Waals surface area contributed by atoms with Crippen molar-refractivity contribution in [3.63, 3.8) is 0 Å². The average molecular weight is 435 g/mol. The van der Waals surface area contributed by atoms with E-state index in [0.717, 1.165) is 16.2 Å². The Labute approximate surface area is 175 Å². The first-order valence-electron chi connectivity index (χ1n) is 9.47. The number of rotatable bonds is 8. The van der Waals surface area contributed by atoms with Crippen molar-refractivity contribution < 1.29 is 18.0 Å². The van der Waals surface area contributed by atoms with Crippen LogP contribution < -0.4 is 16.2 Å². The number of pyridine rings is 1. The number of aromatic nitrogens is 1. The van der Waals surface area contributed by atoms with Gasteiger partial charge >= 0.3 is 0 Å². The van der Waals surface area contributed by atoms with Crippen LogP contribution >= 0.6 is 0 Å². The van der Waals surface area contributed by atoms with E-state index in [0.29, 0.717) is 11.4 Å². The normalized spacial score (nSPS) is 11.4. The maximum absolute atomic E-state index is 12.7. The molecule has 2 N–H and O–H groups in total. The van der Waals surface area contributed by atoms with E-state index in [2.05, 4.69) is 10.6 Å². The van der Waals surface area contributed by atoms with Crippen LogP contribution in [0.5, 0.6) is 0 Å². The zero-order chi connectivity index (χ0) is 22.5. The molecule has 1 aromatic carbocycles. The van der Waals surface area contributed by atoms with E-state index in [1.807, 2.05) is 6.92 Å². The third-order valence-corrected chi connectivity index (χ3v) is 6.41. The van der Waals surface area contributed by atoms with Gasteiger partial charge in [-0.25, -0.2) is 8.42 Å². The second kappa shape index (κ2) is 9.68. The predicted octanol–water partition coefficient (Wildman–Crippen LogP) is 1.78. The Morgan fingerprint density at radius 3 is 2.30 bits per heavy atom. The Hall–Kier alpha value is -2.98. The van der Waals surface area contributed by atoms with Gasteiger partial charge in [0.1, 0.15) is 6.54 Å². The molecule has 0 atom stereocenters. The van der Waals surface area contributed by atoms with Gasteiger partial charge in [-0.3, -0.25) is 14.4 Å². The molecule has 0 radical (unpaired) electrons. The van der Waals surface area contributed by atoms with Gasteiger partial charge in [0.25, 0.3) is 5.56 Å². The van der Waals surface area contributed by atoms with E-state index < -0.39 is 21.5 Å². The number of carbonyl (C=O) groups excluding carboxylic acids is 2. The molecule has 1 heterocycles. The highest BCUT2D eigenvalue weighted by Gasteiger charge is 2.22. The highest BCUT2D eigenvalue weighted by atomic mass is 32.2. The minimum atomic E-state index is -3.77. The van der Waals surface area contributed by atoms with E-state index in [9.17, 15) is 22.8 Å². The van der Waals surface area contributed by atoms with Crippen LogP contribution in [-0.2, 0) is 26.2 Å². The number of benzene rings is 1. The summed E-state index contributed by atoms with van der Waals surface area (Å²) in [5, 5.41) is 5.29. The van der Waals surface area contributed by atoms with Crippen molar-refractivity contribution in [3.05, 3.63) is 52.4 Å². The maximum atomic E-state index is 12.7. The maximum Gasteiger partial charge on any atom is 0.251 e. The molecule has 1 aromatic heterocycles. The third kappa shape index (κ3) is 5.55. The van der Waals surface area contributed by atoms with Gasteiger partial charge < -0.3 is 15.2 Å². The lowest BCUT2D eigenvalue weighted by Crippen LogP contribution is -2.33. The van der Waals surface area contributed by atoms with Crippen molar-refractivity contribution in [2.75, 3.05) is 23.7 Å². The van der Waals surface area contributed by atoms with Gasteiger partial charge in [0.05, 0.1) is 16.3 Å². The minimum absolute atomic E-state index is 0.0620. The van der Waals surface area contributed by atoms with Crippen LogP contribution in [0.25, 0.3) is 0 Å². The van der Waals surface area contributed by atoms with E-state index in [-0.39, 0.29) is 30.4 Å². The van der Waals surface area contributed by atoms with Crippen molar-refractivity contribution >= 4 is 33.2 Å². The van der Waals surface area contributed by atoms with Gasteiger partial charge in [0.15, 0.2) is 0 Å². The fourth-order valence-electron chi connectivity index (χ4n) is 2.90. The van der Waals surface area contributed by atoms with Gasteiger partial charge in [-0.1, -0.05) is 19.9 Å². The lowest BCUT2D eigenvalue weighted by Gasteiger charge is -2.19. The monoisotopic (exact) mass is 434 g/mol. The highest BCUT2D eigenvalue weighted by Crippen LogP contribution is 2.23. The molecule has 0 bridgehead atoms. The Morgan fingerprint density at radius 2 is 1.70 bits per heavy atom. The van der Waals surface area contributed by atoms with Crippen molar-refractivity contribution in [1.82, 2.24) is 8.87 Å². The summed E-state index contributed by atoms with van der Waals surface area (Å²) in [4.78, 5) is 36.0. The molecule has 2 aromatic rings. The molecule has 0 aliphatic rings. The van der Waals surface area contributed by atoms with Crippen LogP contribution in [-0.4, -0.2) is 42.2 Å². The summed E-state index contributed by atoms with van der Waals surface area (Å²) >= 11 is 0. The van der Waals surface area contributed by atoms with Gasteiger partial charge in [-0.15, -0.1) is 0 Å². The highest BCUT2D eigenvalue weighted by molar-refractivity contribution is 7.89. The summed E-state index contributed by atoms with van der Waals surface area (Å²) in [6.07, 6.45) is 1.17. The standard InChI is InChI=1S/C20H26N4O5S/c1-5-24(6-2)30(28,29)16-8-10-20(27)23(12-16)13-19(26)22-18-11-14(3)7-9-17(18)21-15(4)25/h7-12H,5-6,13H2,1-4H3,(H,21,25)(H,22,26). The Balaban J connectivity index is 2.29. The first kappa shape index (κ1) is 23.3. The van der Waals surface area contributed by atoms with Crippen LogP contribution in [0.3, 0.4) is 0 Å². The number of sulfonamides is 1. The van der Waals surface area contributed by atoms with Crippen molar-refractivity contribution in [3.8, 4) is 0 Å². The first-order valence-corrected chi connectivity index (χ1v) is 10.9. The Bertz CT molecular complexity index is 1100. The second-order valence-corrected chi connectivity index (χ2v) is 8.64. The number of amides is 2. The lowest BCUT2D eigenvalue weighted by atomic mass is 10.2. The van der Waals surface area contributed by atoms with Crippen LogP contribution in [0.2, 0.25) is 0 Å². The van der Waals surface area contributed by atoms with Gasteiger partial charge in [0.2, 0.25) is 21.8 Å². The fourth-order valence-corrected chi connectivity index (χ4v) is 4.38. The molecule has 30 heavy (non-hydrogen) atoms. The van der Waals surface area contributed by atoms with E-state index in [1.54, 1.807) is 32.0 Å². The predicted molar refractivity (Wildman–Crippen MR) is 115 cm³/mol. The zero-order valence-electron chi connectivity index (χ0n) is 17.4. The molecule has 0 aliphatic carbocycles. The quantitative estimate of drug-likeness (QED) is 0.657. The van der Waals surface area contributed by atoms with Gasteiger partial charge in [0, 0.05) is 32.3 Å². The molecule has 0 saturated carbocycles. The number of hydrogen-bond acceptors (Lipinski definition) is 5. The number of aryl methyl sites for hydroxylation is 1. The van der Waals surface area contributed by atoms with Gasteiger partial charge in [-0.05, 0) is 30.7 Å². The Morgan fingerprint density at radius 1 is 1.03 bits per heavy atom. The number of nitrogens with zero attached hydrogens (tertiary/aromatic N) is 2. The Kier molecular flexibility index (Phi) is 7.52. The largest absolute Gasteiger partial charge is 0.325 e. The second-order valence-electron chi connectivity index (χ2n) is 6.70. The molecule has 0 aliphatic heterocycles. The van der Waals surface area contributed by atoms with Crippen molar-refractivity contribution in [2.45, 2.75) is 39.1 Å². The van der Waals surface area contributed by atoms with Gasteiger partial charge in [-0.2, -0.15) is 4.31 Å². The molecule has 0 spiro atoms. The zero-order valence-corrected chi connectivity index (χ0v) is 18.2. The molecular weight excluding hydrogens is 408 g/mol. The summed E-state index contributed by atoms with van der Waals surface area (Å²) in [6.45, 7) is 6.83. The summed E-state index contributed by atoms with van der Waals surface area (Å²) in [6, 6.07) is 7.49. The summed E-state index contributed by atoms with van der Waals surface area (Å²) in [5.41, 5.74) is 1.17. The van der Waals surface area contributed by atoms with Crippen LogP contribution in [0.1, 0.15) is 26.3 Å². The molecule has 162 valence electrons. The number of hydrogen-bond donors (Lipinski definition) is 2. The molecule has 0 fully saturated rings. The molecule has 2 amide bonds. The summed E-state index contributed by atoms with van der Waals surface area (Å²) in [7, 11) is -3.77. The topological polar surface area (TPSA) is 118 Å². The number of carbonyl (C=O) groups is 2. The molecule has 0 unspecified atom stereocenters. The summed E-state index contributed by atoms with van der Waals surface area (Å²) < 4.78 is 27.7. The smallest absolute Gasteiger partial charge is 0.251 e. The molecule has 0 saturated heterocycles. The van der Waals surface area contributed by atoms with Crippen molar-refractivity contribution in [1.29, 1.82) is 0 Å².